The lowest BCUT2D eigenvalue weighted by molar-refractivity contribution is 0.0953. The molecule has 1 rings (SSSR count). The highest BCUT2D eigenvalue weighted by atomic mass is 16.1. The Morgan fingerprint density at radius 3 is 2.37 bits per heavy atom. The van der Waals surface area contributed by atoms with Crippen molar-refractivity contribution in [3.05, 3.63) is 35.4 Å². The fourth-order valence-electron chi connectivity index (χ4n) is 1.84. The smallest absolute Gasteiger partial charge is 0.251 e. The van der Waals surface area contributed by atoms with Crippen LogP contribution in [-0.4, -0.2) is 25.0 Å². The second-order valence-corrected chi connectivity index (χ2v) is 5.25. The number of carbonyl (C=O) groups is 1. The Hall–Kier alpha value is -1.35. The number of benzene rings is 1. The molecule has 2 atom stereocenters. The molecular formula is C16H26N2O. The summed E-state index contributed by atoms with van der Waals surface area (Å²) in [5, 5.41) is 6.36. The van der Waals surface area contributed by atoms with E-state index in [1.807, 2.05) is 31.2 Å². The Labute approximate surface area is 116 Å². The first-order chi connectivity index (χ1) is 9.04. The molecule has 0 radical (unpaired) electrons. The third-order valence-corrected chi connectivity index (χ3v) is 3.69. The van der Waals surface area contributed by atoms with Gasteiger partial charge in [0.2, 0.25) is 0 Å². The molecule has 0 fully saturated rings. The van der Waals surface area contributed by atoms with E-state index in [9.17, 15) is 4.79 Å². The molecule has 0 aliphatic rings. The molecule has 0 saturated carbocycles. The van der Waals surface area contributed by atoms with E-state index in [-0.39, 0.29) is 5.91 Å². The lowest BCUT2D eigenvalue weighted by Gasteiger charge is -2.19. The van der Waals surface area contributed by atoms with Crippen LogP contribution in [0.2, 0.25) is 0 Å². The molecule has 0 aromatic heterocycles. The van der Waals surface area contributed by atoms with Crippen LogP contribution in [0.4, 0.5) is 0 Å². The van der Waals surface area contributed by atoms with Crippen molar-refractivity contribution in [1.29, 1.82) is 0 Å². The second kappa shape index (κ2) is 7.95. The van der Waals surface area contributed by atoms with E-state index in [1.54, 1.807) is 0 Å². The van der Waals surface area contributed by atoms with Crippen molar-refractivity contribution >= 4 is 5.91 Å². The highest BCUT2D eigenvalue weighted by Crippen LogP contribution is 2.06. The minimum atomic E-state index is -0.00186. The van der Waals surface area contributed by atoms with Crippen LogP contribution in [0, 0.1) is 12.8 Å². The van der Waals surface area contributed by atoms with Gasteiger partial charge in [0, 0.05) is 24.7 Å². The minimum absolute atomic E-state index is 0.00186. The van der Waals surface area contributed by atoms with Gasteiger partial charge in [-0.25, -0.2) is 0 Å². The Kier molecular flexibility index (Phi) is 6.57. The average Bonchev–Trinajstić information content (AvgIpc) is 2.42. The highest BCUT2D eigenvalue weighted by Gasteiger charge is 2.09. The maximum absolute atomic E-state index is 11.9. The number of aryl methyl sites for hydroxylation is 1. The molecule has 19 heavy (non-hydrogen) atoms. The van der Waals surface area contributed by atoms with Crippen LogP contribution in [-0.2, 0) is 0 Å². The standard InChI is InChI=1S/C16H26N2O/c1-5-13(3)14(4)17-10-11-18-16(19)15-8-6-12(2)7-9-15/h6-9,13-14,17H,5,10-11H2,1-4H3,(H,18,19). The Balaban J connectivity index is 2.26. The first-order valence-electron chi connectivity index (χ1n) is 7.12. The van der Waals surface area contributed by atoms with E-state index in [4.69, 9.17) is 0 Å². The highest BCUT2D eigenvalue weighted by molar-refractivity contribution is 5.94. The third-order valence-electron chi connectivity index (χ3n) is 3.69. The number of rotatable bonds is 7. The van der Waals surface area contributed by atoms with Gasteiger partial charge in [-0.3, -0.25) is 4.79 Å². The monoisotopic (exact) mass is 262 g/mol. The van der Waals surface area contributed by atoms with Gasteiger partial charge in [0.25, 0.3) is 5.91 Å². The van der Waals surface area contributed by atoms with Crippen LogP contribution in [0.3, 0.4) is 0 Å². The van der Waals surface area contributed by atoms with Gasteiger partial charge in [-0.2, -0.15) is 0 Å². The summed E-state index contributed by atoms with van der Waals surface area (Å²) in [5.74, 6) is 0.658. The number of hydrogen-bond donors (Lipinski definition) is 2. The summed E-state index contributed by atoms with van der Waals surface area (Å²) in [6.45, 7) is 10.1. The fraction of sp³-hybridized carbons (Fsp3) is 0.562. The molecule has 3 heteroatoms. The number of carbonyl (C=O) groups excluding carboxylic acids is 1. The number of hydrogen-bond acceptors (Lipinski definition) is 2. The Morgan fingerprint density at radius 1 is 1.16 bits per heavy atom. The summed E-state index contributed by atoms with van der Waals surface area (Å²) < 4.78 is 0. The van der Waals surface area contributed by atoms with Crippen LogP contribution in [0.25, 0.3) is 0 Å². The van der Waals surface area contributed by atoms with Crippen LogP contribution in [0.1, 0.15) is 43.1 Å². The van der Waals surface area contributed by atoms with E-state index < -0.39 is 0 Å². The predicted molar refractivity (Wildman–Crippen MR) is 80.4 cm³/mol. The average molecular weight is 262 g/mol. The molecule has 0 aliphatic heterocycles. The van der Waals surface area contributed by atoms with Gasteiger partial charge >= 0.3 is 0 Å². The summed E-state index contributed by atoms with van der Waals surface area (Å²) in [4.78, 5) is 11.9. The van der Waals surface area contributed by atoms with Crippen molar-refractivity contribution in [2.24, 2.45) is 5.92 Å². The molecule has 2 unspecified atom stereocenters. The molecule has 0 saturated heterocycles. The zero-order chi connectivity index (χ0) is 14.3. The van der Waals surface area contributed by atoms with Gasteiger partial charge in [0.15, 0.2) is 0 Å². The zero-order valence-corrected chi connectivity index (χ0v) is 12.5. The largest absolute Gasteiger partial charge is 0.351 e. The molecule has 1 aromatic rings. The van der Waals surface area contributed by atoms with Crippen molar-refractivity contribution in [2.75, 3.05) is 13.1 Å². The molecule has 0 aliphatic carbocycles. The van der Waals surface area contributed by atoms with Crippen molar-refractivity contribution in [3.8, 4) is 0 Å². The van der Waals surface area contributed by atoms with Gasteiger partial charge in [0.1, 0.15) is 0 Å². The Morgan fingerprint density at radius 2 is 1.79 bits per heavy atom. The van der Waals surface area contributed by atoms with Crippen LogP contribution < -0.4 is 10.6 Å². The molecule has 3 nitrogen and oxygen atoms in total. The maximum Gasteiger partial charge on any atom is 0.251 e. The van der Waals surface area contributed by atoms with Crippen molar-refractivity contribution in [2.45, 2.75) is 40.2 Å². The quantitative estimate of drug-likeness (QED) is 0.742. The third kappa shape index (κ3) is 5.43. The lowest BCUT2D eigenvalue weighted by Crippen LogP contribution is -2.38. The molecule has 1 aromatic carbocycles. The number of nitrogens with one attached hydrogen (secondary N) is 2. The zero-order valence-electron chi connectivity index (χ0n) is 12.5. The van der Waals surface area contributed by atoms with Crippen molar-refractivity contribution in [1.82, 2.24) is 10.6 Å². The van der Waals surface area contributed by atoms with E-state index in [2.05, 4.69) is 31.4 Å². The van der Waals surface area contributed by atoms with Gasteiger partial charge in [0.05, 0.1) is 0 Å². The maximum atomic E-state index is 11.9. The molecular weight excluding hydrogens is 236 g/mol. The second-order valence-electron chi connectivity index (χ2n) is 5.25. The fourth-order valence-corrected chi connectivity index (χ4v) is 1.84. The van der Waals surface area contributed by atoms with Crippen molar-refractivity contribution in [3.63, 3.8) is 0 Å². The predicted octanol–water partition coefficient (Wildman–Crippen LogP) is 2.75. The van der Waals surface area contributed by atoms with Gasteiger partial charge in [-0.15, -0.1) is 0 Å². The summed E-state index contributed by atoms with van der Waals surface area (Å²) in [6.07, 6.45) is 1.17. The number of amides is 1. The summed E-state index contributed by atoms with van der Waals surface area (Å²) >= 11 is 0. The summed E-state index contributed by atoms with van der Waals surface area (Å²) in [7, 11) is 0. The summed E-state index contributed by atoms with van der Waals surface area (Å²) in [5.41, 5.74) is 1.89. The molecule has 0 spiro atoms. The van der Waals surface area contributed by atoms with E-state index in [1.165, 1.54) is 12.0 Å². The topological polar surface area (TPSA) is 41.1 Å². The van der Waals surface area contributed by atoms with Crippen LogP contribution >= 0.6 is 0 Å². The lowest BCUT2D eigenvalue weighted by atomic mass is 10.0. The molecule has 2 N–H and O–H groups in total. The van der Waals surface area contributed by atoms with E-state index in [0.717, 1.165) is 12.1 Å². The first-order valence-corrected chi connectivity index (χ1v) is 7.12. The van der Waals surface area contributed by atoms with E-state index >= 15 is 0 Å². The minimum Gasteiger partial charge on any atom is -0.351 e. The molecule has 106 valence electrons. The van der Waals surface area contributed by atoms with Crippen LogP contribution in [0.15, 0.2) is 24.3 Å². The van der Waals surface area contributed by atoms with Gasteiger partial charge in [-0.1, -0.05) is 38.0 Å². The molecule has 0 heterocycles. The SMILES string of the molecule is CCC(C)C(C)NCCNC(=O)c1ccc(C)cc1. The molecule has 0 bridgehead atoms. The Bertz CT molecular complexity index is 386. The normalized spacial score (nSPS) is 13.9. The molecule has 1 amide bonds. The first kappa shape index (κ1) is 15.7. The van der Waals surface area contributed by atoms with Crippen LogP contribution in [0.5, 0.6) is 0 Å². The van der Waals surface area contributed by atoms with Gasteiger partial charge < -0.3 is 10.6 Å². The van der Waals surface area contributed by atoms with Gasteiger partial charge in [-0.05, 0) is 31.9 Å². The van der Waals surface area contributed by atoms with E-state index in [0.29, 0.717) is 18.5 Å². The van der Waals surface area contributed by atoms with Crippen molar-refractivity contribution < 1.29 is 4.79 Å². The summed E-state index contributed by atoms with van der Waals surface area (Å²) in [6, 6.07) is 8.12.